The van der Waals surface area contributed by atoms with Gasteiger partial charge in [0, 0.05) is 12.1 Å². The van der Waals surface area contributed by atoms with E-state index in [0.29, 0.717) is 11.1 Å². The van der Waals surface area contributed by atoms with Crippen molar-refractivity contribution in [2.24, 2.45) is 0 Å². The zero-order valence-electron chi connectivity index (χ0n) is 13.5. The highest BCUT2D eigenvalue weighted by atomic mass is 16.5. The van der Waals surface area contributed by atoms with E-state index in [-0.39, 0.29) is 31.8 Å². The zero-order chi connectivity index (χ0) is 17.4. The average molecular weight is 324 g/mol. The number of carbonyl (C=O) groups is 1. The van der Waals surface area contributed by atoms with Gasteiger partial charge in [-0.05, 0) is 30.7 Å². The Balaban J connectivity index is 2.05. The Morgan fingerprint density at radius 2 is 2.04 bits per heavy atom. The Kier molecular flexibility index (Phi) is 6.50. The van der Waals surface area contributed by atoms with Crippen LogP contribution in [0.25, 0.3) is 0 Å². The number of benzene rings is 2. The first kappa shape index (κ1) is 17.7. The number of nitrogens with zero attached hydrogens (tertiary/aromatic N) is 1. The molecule has 2 rings (SSSR count). The van der Waals surface area contributed by atoms with E-state index in [0.717, 1.165) is 11.1 Å². The highest BCUT2D eigenvalue weighted by Crippen LogP contribution is 2.17. The van der Waals surface area contributed by atoms with Gasteiger partial charge in [0.25, 0.3) is 5.91 Å². The number of hydrogen-bond acceptors (Lipinski definition) is 4. The summed E-state index contributed by atoms with van der Waals surface area (Å²) in [5.41, 5.74) is 2.94. The van der Waals surface area contributed by atoms with Crippen molar-refractivity contribution in [2.75, 3.05) is 19.8 Å². The summed E-state index contributed by atoms with van der Waals surface area (Å²) in [5, 5.41) is 20.7. The van der Waals surface area contributed by atoms with Crippen molar-refractivity contribution < 1.29 is 14.6 Å². The number of aliphatic hydroxyl groups excluding tert-OH is 1. The molecule has 2 aromatic rings. The maximum absolute atomic E-state index is 12.3. The van der Waals surface area contributed by atoms with Crippen molar-refractivity contribution in [3.05, 3.63) is 70.8 Å². The number of nitriles is 1. The number of aryl methyl sites for hydroxylation is 1. The number of ether oxygens (including phenoxy) is 1. The molecule has 1 amide bonds. The van der Waals surface area contributed by atoms with Crippen molar-refractivity contribution in [3.63, 3.8) is 0 Å². The van der Waals surface area contributed by atoms with E-state index in [1.807, 2.05) is 37.3 Å². The molecule has 0 saturated heterocycles. The van der Waals surface area contributed by atoms with Crippen LogP contribution in [0.2, 0.25) is 0 Å². The quantitative estimate of drug-likeness (QED) is 0.819. The SMILES string of the molecule is Cc1ccc(C(CNC(=O)c2cccc(C#N)c2)OCCO)cc1. The van der Waals surface area contributed by atoms with E-state index in [9.17, 15) is 4.79 Å². The standard InChI is InChI=1S/C19H20N2O3/c1-14-5-7-16(8-6-14)18(24-10-9-22)13-21-19(23)17-4-2-3-15(11-17)12-20/h2-8,11,18,22H,9-10,13H2,1H3,(H,21,23). The minimum Gasteiger partial charge on any atom is -0.394 e. The van der Waals surface area contributed by atoms with E-state index >= 15 is 0 Å². The smallest absolute Gasteiger partial charge is 0.251 e. The number of amides is 1. The predicted octanol–water partition coefficient (Wildman–Crippen LogP) is 2.35. The van der Waals surface area contributed by atoms with Crippen LogP contribution in [0, 0.1) is 18.3 Å². The molecule has 0 aliphatic heterocycles. The van der Waals surface area contributed by atoms with Crippen LogP contribution < -0.4 is 5.32 Å². The van der Waals surface area contributed by atoms with Gasteiger partial charge in [-0.2, -0.15) is 5.26 Å². The largest absolute Gasteiger partial charge is 0.394 e. The van der Waals surface area contributed by atoms with Gasteiger partial charge in [0.1, 0.15) is 0 Å². The third-order valence-electron chi connectivity index (χ3n) is 3.56. The summed E-state index contributed by atoms with van der Waals surface area (Å²) in [6, 6.07) is 16.4. The van der Waals surface area contributed by atoms with Crippen LogP contribution in [0.4, 0.5) is 0 Å². The molecule has 0 spiro atoms. The second-order valence-corrected chi connectivity index (χ2v) is 5.40. The summed E-state index contributed by atoms with van der Waals surface area (Å²) in [4.78, 5) is 12.3. The molecule has 5 heteroatoms. The highest BCUT2D eigenvalue weighted by Gasteiger charge is 2.14. The fourth-order valence-corrected chi connectivity index (χ4v) is 2.27. The van der Waals surface area contributed by atoms with Gasteiger partial charge in [-0.25, -0.2) is 0 Å². The van der Waals surface area contributed by atoms with E-state index in [2.05, 4.69) is 5.32 Å². The Morgan fingerprint density at radius 1 is 1.29 bits per heavy atom. The van der Waals surface area contributed by atoms with E-state index in [1.54, 1.807) is 24.3 Å². The fraction of sp³-hybridized carbons (Fsp3) is 0.263. The molecule has 0 saturated carbocycles. The predicted molar refractivity (Wildman–Crippen MR) is 90.4 cm³/mol. The lowest BCUT2D eigenvalue weighted by Gasteiger charge is -2.19. The number of aliphatic hydroxyl groups is 1. The van der Waals surface area contributed by atoms with Crippen LogP contribution in [-0.2, 0) is 4.74 Å². The van der Waals surface area contributed by atoms with Crippen molar-refractivity contribution in [1.29, 1.82) is 5.26 Å². The zero-order valence-corrected chi connectivity index (χ0v) is 13.5. The Morgan fingerprint density at radius 3 is 2.71 bits per heavy atom. The van der Waals surface area contributed by atoms with Crippen LogP contribution in [0.15, 0.2) is 48.5 Å². The lowest BCUT2D eigenvalue weighted by Crippen LogP contribution is -2.30. The number of carbonyl (C=O) groups excluding carboxylic acids is 1. The van der Waals surface area contributed by atoms with E-state index in [1.165, 1.54) is 0 Å². The minimum absolute atomic E-state index is 0.0828. The summed E-state index contributed by atoms with van der Waals surface area (Å²) in [5.74, 6) is -0.267. The topological polar surface area (TPSA) is 82.4 Å². The molecule has 2 aromatic carbocycles. The van der Waals surface area contributed by atoms with Crippen molar-refractivity contribution in [3.8, 4) is 6.07 Å². The van der Waals surface area contributed by atoms with Crippen molar-refractivity contribution in [1.82, 2.24) is 5.32 Å². The van der Waals surface area contributed by atoms with Gasteiger partial charge in [0.15, 0.2) is 0 Å². The van der Waals surface area contributed by atoms with Crippen LogP contribution >= 0.6 is 0 Å². The monoisotopic (exact) mass is 324 g/mol. The van der Waals surface area contributed by atoms with Crippen LogP contribution in [0.5, 0.6) is 0 Å². The van der Waals surface area contributed by atoms with Crippen molar-refractivity contribution >= 4 is 5.91 Å². The molecule has 24 heavy (non-hydrogen) atoms. The normalized spacial score (nSPS) is 11.5. The molecule has 2 N–H and O–H groups in total. The molecule has 0 radical (unpaired) electrons. The van der Waals surface area contributed by atoms with Gasteiger partial charge in [-0.1, -0.05) is 35.9 Å². The van der Waals surface area contributed by atoms with Gasteiger partial charge in [-0.3, -0.25) is 4.79 Å². The summed E-state index contributed by atoms with van der Waals surface area (Å²) in [7, 11) is 0. The first-order valence-electron chi connectivity index (χ1n) is 7.71. The molecule has 0 aliphatic rings. The third kappa shape index (κ3) is 4.92. The first-order chi connectivity index (χ1) is 11.6. The molecule has 0 aromatic heterocycles. The molecule has 0 heterocycles. The maximum Gasteiger partial charge on any atom is 0.251 e. The second-order valence-electron chi connectivity index (χ2n) is 5.40. The second kappa shape index (κ2) is 8.82. The van der Waals surface area contributed by atoms with Gasteiger partial charge in [0.05, 0.1) is 31.0 Å². The number of nitrogens with one attached hydrogen (secondary N) is 1. The highest BCUT2D eigenvalue weighted by molar-refractivity contribution is 5.94. The Bertz CT molecular complexity index is 720. The molecule has 124 valence electrons. The van der Waals surface area contributed by atoms with Crippen molar-refractivity contribution in [2.45, 2.75) is 13.0 Å². The molecule has 0 aliphatic carbocycles. The van der Waals surface area contributed by atoms with Crippen LogP contribution in [-0.4, -0.2) is 30.8 Å². The van der Waals surface area contributed by atoms with Gasteiger partial charge in [0.2, 0.25) is 0 Å². The lowest BCUT2D eigenvalue weighted by molar-refractivity contribution is 0.0277. The van der Waals surface area contributed by atoms with E-state index in [4.69, 9.17) is 15.1 Å². The molecule has 1 atom stereocenters. The molecule has 0 fully saturated rings. The lowest BCUT2D eigenvalue weighted by atomic mass is 10.1. The van der Waals surface area contributed by atoms with Gasteiger partial charge >= 0.3 is 0 Å². The van der Waals surface area contributed by atoms with Gasteiger partial charge in [-0.15, -0.1) is 0 Å². The Labute approximate surface area is 141 Å². The number of hydrogen-bond donors (Lipinski definition) is 2. The minimum atomic E-state index is -0.346. The summed E-state index contributed by atoms with van der Waals surface area (Å²) in [6.45, 7) is 2.38. The molecule has 1 unspecified atom stereocenters. The molecular weight excluding hydrogens is 304 g/mol. The van der Waals surface area contributed by atoms with E-state index < -0.39 is 0 Å². The van der Waals surface area contributed by atoms with Gasteiger partial charge < -0.3 is 15.2 Å². The molecule has 5 nitrogen and oxygen atoms in total. The summed E-state index contributed by atoms with van der Waals surface area (Å²) >= 11 is 0. The average Bonchev–Trinajstić information content (AvgIpc) is 2.62. The number of rotatable bonds is 7. The first-order valence-corrected chi connectivity index (χ1v) is 7.71. The van der Waals surface area contributed by atoms with Crippen LogP contribution in [0.3, 0.4) is 0 Å². The summed E-state index contributed by atoms with van der Waals surface area (Å²) in [6.07, 6.45) is -0.346. The maximum atomic E-state index is 12.3. The summed E-state index contributed by atoms with van der Waals surface area (Å²) < 4.78 is 5.63. The fourth-order valence-electron chi connectivity index (χ4n) is 2.27. The van der Waals surface area contributed by atoms with Crippen LogP contribution in [0.1, 0.15) is 33.2 Å². The molecule has 0 bridgehead atoms. The molecular formula is C19H20N2O3. The third-order valence-corrected chi connectivity index (χ3v) is 3.56. The Hall–Kier alpha value is -2.68.